The summed E-state index contributed by atoms with van der Waals surface area (Å²) in [6.45, 7) is 4.30. The lowest BCUT2D eigenvalue weighted by molar-refractivity contribution is -0.144. The van der Waals surface area contributed by atoms with Gasteiger partial charge in [-0.05, 0) is 73.0 Å². The number of benzene rings is 3. The van der Waals surface area contributed by atoms with Crippen molar-refractivity contribution in [2.24, 2.45) is 0 Å². The number of ether oxygens (including phenoxy) is 3. The summed E-state index contributed by atoms with van der Waals surface area (Å²) in [4.78, 5) is 23.4. The zero-order valence-corrected chi connectivity index (χ0v) is 22.0. The minimum absolute atomic E-state index is 0.327. The zero-order valence-electron chi connectivity index (χ0n) is 21.2. The number of aliphatic carboxylic acids is 1. The van der Waals surface area contributed by atoms with Crippen molar-refractivity contribution in [2.45, 2.75) is 58.5 Å². The van der Waals surface area contributed by atoms with E-state index in [1.807, 2.05) is 30.3 Å². The van der Waals surface area contributed by atoms with Gasteiger partial charge < -0.3 is 19.3 Å². The average Bonchev–Trinajstić information content (AvgIpc) is 2.90. The SMILES string of the molecule is CCCCCCCCOc1ccc(-c2ccc(C(=O)Oc3ccc(O[C@H](C)C(=O)O)cc3)cc2)cc1Cl. The second kappa shape index (κ2) is 14.3. The predicted molar refractivity (Wildman–Crippen MR) is 145 cm³/mol. The van der Waals surface area contributed by atoms with Gasteiger partial charge in [-0.2, -0.15) is 0 Å². The molecule has 1 atom stereocenters. The maximum absolute atomic E-state index is 12.5. The van der Waals surface area contributed by atoms with Crippen molar-refractivity contribution in [3.63, 3.8) is 0 Å². The number of unbranched alkanes of at least 4 members (excludes halogenated alkanes) is 5. The lowest BCUT2D eigenvalue weighted by atomic mass is 10.0. The van der Waals surface area contributed by atoms with E-state index >= 15 is 0 Å². The summed E-state index contributed by atoms with van der Waals surface area (Å²) in [5.41, 5.74) is 2.23. The number of esters is 1. The molecule has 0 amide bonds. The van der Waals surface area contributed by atoms with Crippen LogP contribution in [-0.2, 0) is 4.79 Å². The number of carbonyl (C=O) groups is 2. The minimum Gasteiger partial charge on any atom is -0.492 e. The van der Waals surface area contributed by atoms with Crippen molar-refractivity contribution in [1.29, 1.82) is 0 Å². The zero-order chi connectivity index (χ0) is 26.6. The Labute approximate surface area is 223 Å². The number of carboxylic acids is 1. The molecule has 0 bridgehead atoms. The van der Waals surface area contributed by atoms with E-state index in [-0.39, 0.29) is 0 Å². The van der Waals surface area contributed by atoms with Crippen LogP contribution >= 0.6 is 11.6 Å². The van der Waals surface area contributed by atoms with Crippen LogP contribution in [0.3, 0.4) is 0 Å². The third-order valence-corrected chi connectivity index (χ3v) is 6.13. The number of halogens is 1. The van der Waals surface area contributed by atoms with Crippen molar-refractivity contribution in [3.8, 4) is 28.4 Å². The summed E-state index contributed by atoms with van der Waals surface area (Å²) in [6.07, 6.45) is 6.25. The molecule has 37 heavy (non-hydrogen) atoms. The Hall–Kier alpha value is -3.51. The molecule has 0 fully saturated rings. The molecule has 1 N–H and O–H groups in total. The summed E-state index contributed by atoms with van der Waals surface area (Å²) < 4.78 is 16.5. The highest BCUT2D eigenvalue weighted by Gasteiger charge is 2.13. The molecule has 0 saturated carbocycles. The number of hydrogen-bond donors (Lipinski definition) is 1. The molecular formula is C30H33ClO6. The van der Waals surface area contributed by atoms with E-state index in [9.17, 15) is 9.59 Å². The van der Waals surface area contributed by atoms with Gasteiger partial charge in [0.15, 0.2) is 6.10 Å². The molecule has 3 rings (SSSR count). The lowest BCUT2D eigenvalue weighted by Crippen LogP contribution is -2.22. The maximum atomic E-state index is 12.5. The highest BCUT2D eigenvalue weighted by atomic mass is 35.5. The molecule has 196 valence electrons. The van der Waals surface area contributed by atoms with Crippen LogP contribution in [0.15, 0.2) is 66.7 Å². The summed E-state index contributed by atoms with van der Waals surface area (Å²) in [5.74, 6) is -0.193. The van der Waals surface area contributed by atoms with Crippen molar-refractivity contribution >= 4 is 23.5 Å². The number of hydrogen-bond acceptors (Lipinski definition) is 5. The first-order chi connectivity index (χ1) is 17.9. The summed E-state index contributed by atoms with van der Waals surface area (Å²) >= 11 is 6.45. The van der Waals surface area contributed by atoms with E-state index in [0.29, 0.717) is 34.4 Å². The molecule has 0 aliphatic rings. The Bertz CT molecular complexity index is 1160. The first kappa shape index (κ1) is 28.1. The number of carbonyl (C=O) groups excluding carboxylic acids is 1. The van der Waals surface area contributed by atoms with Gasteiger partial charge >= 0.3 is 11.9 Å². The Morgan fingerprint density at radius 2 is 1.46 bits per heavy atom. The maximum Gasteiger partial charge on any atom is 0.344 e. The lowest BCUT2D eigenvalue weighted by Gasteiger charge is -2.11. The number of rotatable bonds is 14. The third-order valence-electron chi connectivity index (χ3n) is 5.84. The first-order valence-electron chi connectivity index (χ1n) is 12.6. The van der Waals surface area contributed by atoms with Gasteiger partial charge in [-0.3, -0.25) is 0 Å². The summed E-state index contributed by atoms with van der Waals surface area (Å²) in [7, 11) is 0. The van der Waals surface area contributed by atoms with Crippen LogP contribution in [0.25, 0.3) is 11.1 Å². The molecule has 6 nitrogen and oxygen atoms in total. The van der Waals surface area contributed by atoms with Crippen molar-refractivity contribution in [2.75, 3.05) is 6.61 Å². The van der Waals surface area contributed by atoms with Gasteiger partial charge in [0, 0.05) is 0 Å². The monoisotopic (exact) mass is 524 g/mol. The van der Waals surface area contributed by atoms with Crippen LogP contribution in [0.1, 0.15) is 62.7 Å². The molecule has 0 aromatic heterocycles. The van der Waals surface area contributed by atoms with Crippen LogP contribution in [0.5, 0.6) is 17.2 Å². The number of carboxylic acid groups (broad SMARTS) is 1. The van der Waals surface area contributed by atoms with Gasteiger partial charge in [-0.15, -0.1) is 0 Å². The largest absolute Gasteiger partial charge is 0.492 e. The minimum atomic E-state index is -1.06. The van der Waals surface area contributed by atoms with Gasteiger partial charge in [0.05, 0.1) is 17.2 Å². The molecule has 0 aliphatic heterocycles. The Morgan fingerprint density at radius 1 is 0.838 bits per heavy atom. The standard InChI is InChI=1S/C30H33ClO6/c1-3-4-5-6-7-8-19-35-28-18-13-24(20-27(28)31)22-9-11-23(12-10-22)30(34)37-26-16-14-25(15-17-26)36-21(2)29(32)33/h9-18,20-21H,3-8,19H2,1-2H3,(H,32,33)/t21-/m1/s1. The van der Waals surface area contributed by atoms with Gasteiger partial charge in [0.2, 0.25) is 0 Å². The second-order valence-electron chi connectivity index (χ2n) is 8.80. The highest BCUT2D eigenvalue weighted by molar-refractivity contribution is 6.32. The van der Waals surface area contributed by atoms with Crippen LogP contribution in [0.4, 0.5) is 0 Å². The van der Waals surface area contributed by atoms with Crippen molar-refractivity contribution in [1.82, 2.24) is 0 Å². The van der Waals surface area contributed by atoms with Gasteiger partial charge in [-0.1, -0.05) is 68.8 Å². The van der Waals surface area contributed by atoms with E-state index in [2.05, 4.69) is 6.92 Å². The average molecular weight is 525 g/mol. The fraction of sp³-hybridized carbons (Fsp3) is 0.333. The van der Waals surface area contributed by atoms with E-state index in [1.54, 1.807) is 36.4 Å². The summed E-state index contributed by atoms with van der Waals surface area (Å²) in [6, 6.07) is 19.0. The van der Waals surface area contributed by atoms with Crippen molar-refractivity contribution in [3.05, 3.63) is 77.3 Å². The Balaban J connectivity index is 1.52. The van der Waals surface area contributed by atoms with Crippen LogP contribution in [-0.4, -0.2) is 29.8 Å². The molecule has 0 radical (unpaired) electrons. The molecule has 0 saturated heterocycles. The fourth-order valence-electron chi connectivity index (χ4n) is 3.67. The predicted octanol–water partition coefficient (Wildman–Crippen LogP) is 7.82. The molecule has 3 aromatic carbocycles. The molecule has 3 aromatic rings. The van der Waals surface area contributed by atoms with Gasteiger partial charge in [-0.25, -0.2) is 9.59 Å². The normalized spacial score (nSPS) is 11.5. The highest BCUT2D eigenvalue weighted by Crippen LogP contribution is 2.31. The van der Waals surface area contributed by atoms with E-state index in [0.717, 1.165) is 24.0 Å². The van der Waals surface area contributed by atoms with E-state index in [1.165, 1.54) is 32.6 Å². The molecule has 0 unspecified atom stereocenters. The first-order valence-corrected chi connectivity index (χ1v) is 13.0. The van der Waals surface area contributed by atoms with E-state index in [4.69, 9.17) is 30.9 Å². The molecule has 0 spiro atoms. The Kier molecular flexibility index (Phi) is 10.8. The summed E-state index contributed by atoms with van der Waals surface area (Å²) in [5, 5.41) is 9.48. The second-order valence-corrected chi connectivity index (χ2v) is 9.21. The van der Waals surface area contributed by atoms with E-state index < -0.39 is 18.0 Å². The fourth-order valence-corrected chi connectivity index (χ4v) is 3.90. The van der Waals surface area contributed by atoms with Crippen LogP contribution in [0, 0.1) is 0 Å². The topological polar surface area (TPSA) is 82.1 Å². The molecular weight excluding hydrogens is 492 g/mol. The van der Waals surface area contributed by atoms with Gasteiger partial charge in [0.1, 0.15) is 17.2 Å². The Morgan fingerprint density at radius 3 is 2.11 bits per heavy atom. The quantitative estimate of drug-likeness (QED) is 0.131. The smallest absolute Gasteiger partial charge is 0.344 e. The third kappa shape index (κ3) is 8.83. The molecule has 0 aliphatic carbocycles. The molecule has 7 heteroatoms. The van der Waals surface area contributed by atoms with Crippen molar-refractivity contribution < 1.29 is 28.9 Å². The molecule has 0 heterocycles. The van der Waals surface area contributed by atoms with Crippen LogP contribution in [0.2, 0.25) is 5.02 Å². The van der Waals surface area contributed by atoms with Gasteiger partial charge in [0.25, 0.3) is 0 Å². The van der Waals surface area contributed by atoms with Crippen LogP contribution < -0.4 is 14.2 Å².